The Hall–Kier alpha value is -1.54. The van der Waals surface area contributed by atoms with Crippen molar-refractivity contribution in [3.05, 3.63) is 27.1 Å². The van der Waals surface area contributed by atoms with Crippen molar-refractivity contribution in [2.75, 3.05) is 0 Å². The summed E-state index contributed by atoms with van der Waals surface area (Å²) in [5.41, 5.74) is -0.559. The zero-order valence-corrected chi connectivity index (χ0v) is 11.9. The number of aromatic nitrogens is 2. The Morgan fingerprint density at radius 1 is 1.70 bits per heavy atom. The Kier molecular flexibility index (Phi) is 4.34. The molecule has 0 amide bonds. The van der Waals surface area contributed by atoms with E-state index in [0.29, 0.717) is 0 Å². The first kappa shape index (κ1) is 14.9. The summed E-state index contributed by atoms with van der Waals surface area (Å²) in [5.74, 6) is -1.04. The van der Waals surface area contributed by atoms with Crippen LogP contribution in [0.15, 0.2) is 11.0 Å². The maximum Gasteiger partial charge on any atom is 0.328 e. The van der Waals surface area contributed by atoms with Gasteiger partial charge in [-0.15, -0.1) is 0 Å². The van der Waals surface area contributed by atoms with Gasteiger partial charge in [0.05, 0.1) is 12.3 Å². The van der Waals surface area contributed by atoms with E-state index in [1.54, 1.807) is 13.8 Å². The van der Waals surface area contributed by atoms with Gasteiger partial charge in [0, 0.05) is 12.8 Å². The van der Waals surface area contributed by atoms with Crippen LogP contribution in [0.4, 0.5) is 4.39 Å². The smallest absolute Gasteiger partial charge is 0.328 e. The second kappa shape index (κ2) is 5.84. The lowest BCUT2D eigenvalue weighted by atomic mass is 10.2. The zero-order chi connectivity index (χ0) is 14.9. The fourth-order valence-electron chi connectivity index (χ4n) is 2.03. The van der Waals surface area contributed by atoms with Gasteiger partial charge in [-0.2, -0.15) is 0 Å². The molecule has 1 saturated heterocycles. The van der Waals surface area contributed by atoms with Crippen LogP contribution in [0.25, 0.3) is 0 Å². The third kappa shape index (κ3) is 2.96. The van der Waals surface area contributed by atoms with Crippen molar-refractivity contribution < 1.29 is 18.7 Å². The molecule has 0 radical (unpaired) electrons. The number of rotatable bonds is 3. The lowest BCUT2D eigenvalue weighted by molar-refractivity contribution is -0.151. The Balaban J connectivity index is 2.20. The molecule has 6 nitrogen and oxygen atoms in total. The topological polar surface area (TPSA) is 73.3 Å². The summed E-state index contributed by atoms with van der Waals surface area (Å²) in [6.07, 6.45) is 0.0492. The van der Waals surface area contributed by atoms with E-state index in [4.69, 9.17) is 9.47 Å². The molecule has 1 aromatic heterocycles. The summed E-state index contributed by atoms with van der Waals surface area (Å²) in [5, 5.41) is 0. The summed E-state index contributed by atoms with van der Waals surface area (Å²) in [4.78, 5) is 25.3. The standard InChI is InChI=1S/C12H15FN2O4S/c1-3-10(16)19-8-4-9(18-6(8)2)15-5-7(13)11(20)14-12(15)17/h5-6,8-9H,3-4H2,1-2H3,(H,14,17,20). The number of hydrogen-bond acceptors (Lipinski definition) is 5. The van der Waals surface area contributed by atoms with Crippen LogP contribution in [-0.4, -0.2) is 27.7 Å². The highest BCUT2D eigenvalue weighted by molar-refractivity contribution is 7.71. The van der Waals surface area contributed by atoms with Crippen LogP contribution in [0.1, 0.15) is 32.9 Å². The highest BCUT2D eigenvalue weighted by Gasteiger charge is 2.36. The second-order valence-corrected chi connectivity index (χ2v) is 4.97. The number of carbonyl (C=O) groups is 1. The SMILES string of the molecule is CCC(=O)OC1CC(n2cc(F)c(=S)[nH]c2=O)OC1C. The van der Waals surface area contributed by atoms with Crippen molar-refractivity contribution >= 4 is 18.2 Å². The van der Waals surface area contributed by atoms with Gasteiger partial charge in [0.15, 0.2) is 5.82 Å². The van der Waals surface area contributed by atoms with Gasteiger partial charge < -0.3 is 9.47 Å². The molecule has 3 atom stereocenters. The fourth-order valence-corrected chi connectivity index (χ4v) is 2.17. The largest absolute Gasteiger partial charge is 0.459 e. The Morgan fingerprint density at radius 3 is 3.05 bits per heavy atom. The Bertz CT molecular complexity index is 627. The third-order valence-electron chi connectivity index (χ3n) is 3.14. The van der Waals surface area contributed by atoms with Crippen LogP contribution in [0, 0.1) is 10.5 Å². The van der Waals surface area contributed by atoms with Gasteiger partial charge >= 0.3 is 11.7 Å². The monoisotopic (exact) mass is 302 g/mol. The van der Waals surface area contributed by atoms with Crippen LogP contribution < -0.4 is 5.69 Å². The zero-order valence-electron chi connectivity index (χ0n) is 11.1. The first-order valence-electron chi connectivity index (χ1n) is 6.28. The predicted octanol–water partition coefficient (Wildman–Crippen LogP) is 1.67. The molecule has 0 aromatic carbocycles. The lowest BCUT2D eigenvalue weighted by Crippen LogP contribution is -2.27. The molecule has 1 fully saturated rings. The second-order valence-electron chi connectivity index (χ2n) is 4.56. The van der Waals surface area contributed by atoms with E-state index in [0.717, 1.165) is 10.8 Å². The molecule has 1 N–H and O–H groups in total. The quantitative estimate of drug-likeness (QED) is 0.679. The van der Waals surface area contributed by atoms with Crippen LogP contribution >= 0.6 is 12.2 Å². The number of hydrogen-bond donors (Lipinski definition) is 1. The minimum absolute atomic E-state index is 0.244. The molecule has 0 bridgehead atoms. The summed E-state index contributed by atoms with van der Waals surface area (Å²) in [6, 6.07) is 0. The van der Waals surface area contributed by atoms with E-state index in [1.165, 1.54) is 0 Å². The molecule has 1 aromatic rings. The van der Waals surface area contributed by atoms with E-state index in [2.05, 4.69) is 17.2 Å². The normalized spacial score (nSPS) is 25.6. The molecule has 3 unspecified atom stereocenters. The number of halogens is 1. The summed E-state index contributed by atoms with van der Waals surface area (Å²) in [6.45, 7) is 3.43. The van der Waals surface area contributed by atoms with Crippen molar-refractivity contribution in [2.24, 2.45) is 0 Å². The van der Waals surface area contributed by atoms with Crippen molar-refractivity contribution in [3.8, 4) is 0 Å². The number of carbonyl (C=O) groups excluding carboxylic acids is 1. The van der Waals surface area contributed by atoms with Gasteiger partial charge in [-0.1, -0.05) is 19.1 Å². The number of H-pyrrole nitrogens is 1. The fraction of sp³-hybridized carbons (Fsp3) is 0.583. The van der Waals surface area contributed by atoms with Gasteiger partial charge in [-0.3, -0.25) is 14.3 Å². The Labute approximate surface area is 119 Å². The van der Waals surface area contributed by atoms with E-state index < -0.39 is 23.8 Å². The summed E-state index contributed by atoms with van der Waals surface area (Å²) in [7, 11) is 0. The van der Waals surface area contributed by atoms with E-state index >= 15 is 0 Å². The summed E-state index contributed by atoms with van der Waals surface area (Å²) < 4.78 is 25.0. The minimum atomic E-state index is -0.704. The van der Waals surface area contributed by atoms with Crippen molar-refractivity contribution in [2.45, 2.75) is 45.1 Å². The van der Waals surface area contributed by atoms with Crippen molar-refractivity contribution in [1.82, 2.24) is 9.55 Å². The van der Waals surface area contributed by atoms with E-state index in [-0.39, 0.29) is 29.6 Å². The number of esters is 1. The number of nitrogens with zero attached hydrogens (tertiary/aromatic N) is 1. The molecule has 8 heteroatoms. The minimum Gasteiger partial charge on any atom is -0.459 e. The molecule has 2 heterocycles. The van der Waals surface area contributed by atoms with Gasteiger partial charge in [-0.25, -0.2) is 9.18 Å². The van der Waals surface area contributed by atoms with Crippen molar-refractivity contribution in [1.29, 1.82) is 0 Å². The highest BCUT2D eigenvalue weighted by Crippen LogP contribution is 2.29. The lowest BCUT2D eigenvalue weighted by Gasteiger charge is -2.13. The molecular formula is C12H15FN2O4S. The predicted molar refractivity (Wildman–Crippen MR) is 70.2 cm³/mol. The summed E-state index contributed by atoms with van der Waals surface area (Å²) >= 11 is 4.64. The molecule has 0 saturated carbocycles. The van der Waals surface area contributed by atoms with Gasteiger partial charge in [0.1, 0.15) is 17.0 Å². The van der Waals surface area contributed by atoms with Crippen LogP contribution in [0.5, 0.6) is 0 Å². The average Bonchev–Trinajstić information content (AvgIpc) is 2.75. The maximum absolute atomic E-state index is 13.4. The molecule has 0 aliphatic carbocycles. The highest BCUT2D eigenvalue weighted by atomic mass is 32.1. The molecule has 110 valence electrons. The molecular weight excluding hydrogens is 287 g/mol. The molecule has 1 aliphatic rings. The first-order valence-corrected chi connectivity index (χ1v) is 6.69. The van der Waals surface area contributed by atoms with Gasteiger partial charge in [-0.05, 0) is 6.92 Å². The third-order valence-corrected chi connectivity index (χ3v) is 3.43. The molecule has 2 rings (SSSR count). The number of ether oxygens (including phenoxy) is 2. The number of nitrogens with one attached hydrogen (secondary N) is 1. The average molecular weight is 302 g/mol. The Morgan fingerprint density at radius 2 is 2.40 bits per heavy atom. The molecule has 1 aliphatic heterocycles. The van der Waals surface area contributed by atoms with E-state index in [9.17, 15) is 14.0 Å². The first-order chi connectivity index (χ1) is 9.42. The van der Waals surface area contributed by atoms with Gasteiger partial charge in [0.2, 0.25) is 0 Å². The molecule has 20 heavy (non-hydrogen) atoms. The molecule has 0 spiro atoms. The van der Waals surface area contributed by atoms with Crippen LogP contribution in [0.3, 0.4) is 0 Å². The van der Waals surface area contributed by atoms with E-state index in [1.807, 2.05) is 0 Å². The van der Waals surface area contributed by atoms with Crippen LogP contribution in [-0.2, 0) is 14.3 Å². The number of aromatic amines is 1. The van der Waals surface area contributed by atoms with Gasteiger partial charge in [0.25, 0.3) is 0 Å². The van der Waals surface area contributed by atoms with Crippen LogP contribution in [0.2, 0.25) is 0 Å². The van der Waals surface area contributed by atoms with Crippen molar-refractivity contribution in [3.63, 3.8) is 0 Å². The maximum atomic E-state index is 13.4.